The van der Waals surface area contributed by atoms with Gasteiger partial charge in [-0.15, -0.1) is 0 Å². The summed E-state index contributed by atoms with van der Waals surface area (Å²) in [5.74, 6) is 0.498. The Kier molecular flexibility index (Phi) is 4.08. The zero-order valence-corrected chi connectivity index (χ0v) is 12.5. The Bertz CT molecular complexity index is 350. The predicted molar refractivity (Wildman–Crippen MR) is 72.1 cm³/mol. The highest BCUT2D eigenvalue weighted by atomic mass is 16.2. The molecule has 1 heterocycles. The van der Waals surface area contributed by atoms with Crippen molar-refractivity contribution in [2.75, 3.05) is 6.54 Å². The number of nitrogens with one attached hydrogen (secondary N) is 1. The minimum absolute atomic E-state index is 0.0205. The average molecular weight is 254 g/mol. The van der Waals surface area contributed by atoms with Gasteiger partial charge in [0.1, 0.15) is 11.1 Å². The average Bonchev–Trinajstić information content (AvgIpc) is 2.25. The van der Waals surface area contributed by atoms with Gasteiger partial charge in [-0.2, -0.15) is 0 Å². The molecule has 0 aromatic carbocycles. The highest BCUT2D eigenvalue weighted by Crippen LogP contribution is 2.29. The largest absolute Gasteiger partial charge is 0.340 e. The van der Waals surface area contributed by atoms with E-state index in [1.807, 2.05) is 13.8 Å². The van der Waals surface area contributed by atoms with Gasteiger partial charge in [-0.3, -0.25) is 9.59 Å². The molecule has 2 amide bonds. The SMILES string of the molecule is CCC1(C)C(=O)NC(C)(C)C(=O)N1CCC(C)C. The molecule has 18 heavy (non-hydrogen) atoms. The van der Waals surface area contributed by atoms with Crippen molar-refractivity contribution in [3.05, 3.63) is 0 Å². The molecule has 1 saturated heterocycles. The van der Waals surface area contributed by atoms with Crippen LogP contribution in [0.3, 0.4) is 0 Å². The first kappa shape index (κ1) is 15.0. The standard InChI is InChI=1S/C14H26N2O2/c1-7-14(6)11(17)15-13(4,5)12(18)16(14)9-8-10(2)3/h10H,7-9H2,1-6H3,(H,15,17). The lowest BCUT2D eigenvalue weighted by atomic mass is 9.86. The van der Waals surface area contributed by atoms with Crippen molar-refractivity contribution in [2.45, 2.75) is 65.5 Å². The minimum Gasteiger partial charge on any atom is -0.340 e. The summed E-state index contributed by atoms with van der Waals surface area (Å²) in [7, 11) is 0. The summed E-state index contributed by atoms with van der Waals surface area (Å²) in [6.45, 7) is 12.3. The summed E-state index contributed by atoms with van der Waals surface area (Å²) in [4.78, 5) is 26.5. The van der Waals surface area contributed by atoms with Crippen LogP contribution in [0, 0.1) is 5.92 Å². The molecule has 0 aliphatic carbocycles. The molecule has 0 aromatic heterocycles. The number of carbonyl (C=O) groups excluding carboxylic acids is 2. The Morgan fingerprint density at radius 2 is 1.78 bits per heavy atom. The highest BCUT2D eigenvalue weighted by Gasteiger charge is 2.51. The van der Waals surface area contributed by atoms with Crippen molar-refractivity contribution in [3.63, 3.8) is 0 Å². The lowest BCUT2D eigenvalue weighted by Crippen LogP contribution is -2.73. The summed E-state index contributed by atoms with van der Waals surface area (Å²) in [6, 6.07) is 0. The summed E-state index contributed by atoms with van der Waals surface area (Å²) in [6.07, 6.45) is 1.56. The molecule has 1 unspecified atom stereocenters. The van der Waals surface area contributed by atoms with E-state index in [-0.39, 0.29) is 11.8 Å². The molecule has 1 N–H and O–H groups in total. The number of hydrogen-bond donors (Lipinski definition) is 1. The number of hydrogen-bond acceptors (Lipinski definition) is 2. The Morgan fingerprint density at radius 3 is 2.22 bits per heavy atom. The summed E-state index contributed by atoms with van der Waals surface area (Å²) < 4.78 is 0. The fourth-order valence-corrected chi connectivity index (χ4v) is 2.24. The minimum atomic E-state index is -0.789. The highest BCUT2D eigenvalue weighted by molar-refractivity contribution is 6.01. The van der Waals surface area contributed by atoms with E-state index in [2.05, 4.69) is 19.2 Å². The van der Waals surface area contributed by atoms with Crippen molar-refractivity contribution in [3.8, 4) is 0 Å². The predicted octanol–water partition coefficient (Wildman–Crippen LogP) is 1.94. The molecule has 4 heteroatoms. The molecule has 1 aliphatic rings. The number of rotatable bonds is 4. The Labute approximate surface area is 110 Å². The van der Waals surface area contributed by atoms with Gasteiger partial charge in [-0.1, -0.05) is 20.8 Å². The molecule has 4 nitrogen and oxygen atoms in total. The number of carbonyl (C=O) groups is 2. The fraction of sp³-hybridized carbons (Fsp3) is 0.857. The molecular formula is C14H26N2O2. The van der Waals surface area contributed by atoms with Gasteiger partial charge in [0.25, 0.3) is 0 Å². The summed E-state index contributed by atoms with van der Waals surface area (Å²) in [5.41, 5.74) is -1.50. The topological polar surface area (TPSA) is 49.4 Å². The lowest BCUT2D eigenvalue weighted by molar-refractivity contribution is -0.161. The smallest absolute Gasteiger partial charge is 0.248 e. The first-order valence-electron chi connectivity index (χ1n) is 6.80. The lowest BCUT2D eigenvalue weighted by Gasteiger charge is -2.49. The molecule has 1 atom stereocenters. The normalized spacial score (nSPS) is 27.6. The van der Waals surface area contributed by atoms with E-state index < -0.39 is 11.1 Å². The van der Waals surface area contributed by atoms with Crippen LogP contribution in [0.15, 0.2) is 0 Å². The second kappa shape index (κ2) is 4.90. The Balaban J connectivity index is 3.03. The molecule has 0 radical (unpaired) electrons. The van der Waals surface area contributed by atoms with E-state index in [0.717, 1.165) is 6.42 Å². The van der Waals surface area contributed by atoms with Crippen molar-refractivity contribution in [1.29, 1.82) is 0 Å². The molecular weight excluding hydrogens is 228 g/mol. The molecule has 1 fully saturated rings. The van der Waals surface area contributed by atoms with Crippen molar-refractivity contribution in [1.82, 2.24) is 10.2 Å². The van der Waals surface area contributed by atoms with Crippen LogP contribution in [0.4, 0.5) is 0 Å². The Morgan fingerprint density at radius 1 is 1.22 bits per heavy atom. The quantitative estimate of drug-likeness (QED) is 0.833. The van der Waals surface area contributed by atoms with Gasteiger partial charge in [0.2, 0.25) is 11.8 Å². The van der Waals surface area contributed by atoms with Crippen molar-refractivity contribution in [2.24, 2.45) is 5.92 Å². The third-order valence-electron chi connectivity index (χ3n) is 3.91. The van der Waals surface area contributed by atoms with Gasteiger partial charge in [0, 0.05) is 6.54 Å². The van der Waals surface area contributed by atoms with Gasteiger partial charge in [-0.05, 0) is 39.5 Å². The zero-order chi connectivity index (χ0) is 14.1. The molecule has 0 bridgehead atoms. The molecule has 1 rings (SSSR count). The zero-order valence-electron chi connectivity index (χ0n) is 12.5. The third kappa shape index (κ3) is 2.52. The molecule has 0 aromatic rings. The molecule has 0 saturated carbocycles. The second-order valence-electron chi connectivity index (χ2n) is 6.35. The molecule has 104 valence electrons. The molecule has 0 spiro atoms. The van der Waals surface area contributed by atoms with Gasteiger partial charge < -0.3 is 10.2 Å². The van der Waals surface area contributed by atoms with Crippen LogP contribution >= 0.6 is 0 Å². The van der Waals surface area contributed by atoms with Crippen LogP contribution in [0.1, 0.15) is 54.4 Å². The maximum absolute atomic E-state index is 12.5. The van der Waals surface area contributed by atoms with Crippen LogP contribution < -0.4 is 5.32 Å². The summed E-state index contributed by atoms with van der Waals surface area (Å²) in [5, 5.41) is 2.83. The number of piperazine rings is 1. The second-order valence-corrected chi connectivity index (χ2v) is 6.35. The number of nitrogens with zero attached hydrogens (tertiary/aromatic N) is 1. The van der Waals surface area contributed by atoms with E-state index in [9.17, 15) is 9.59 Å². The maximum Gasteiger partial charge on any atom is 0.248 e. The maximum atomic E-state index is 12.5. The van der Waals surface area contributed by atoms with Crippen LogP contribution in [-0.2, 0) is 9.59 Å². The van der Waals surface area contributed by atoms with Gasteiger partial charge in [0.15, 0.2) is 0 Å². The monoisotopic (exact) mass is 254 g/mol. The van der Waals surface area contributed by atoms with Gasteiger partial charge in [0.05, 0.1) is 0 Å². The van der Waals surface area contributed by atoms with Crippen LogP contribution in [0.5, 0.6) is 0 Å². The van der Waals surface area contributed by atoms with E-state index in [4.69, 9.17) is 0 Å². The number of amides is 2. The first-order chi connectivity index (χ1) is 8.15. The fourth-order valence-electron chi connectivity index (χ4n) is 2.24. The third-order valence-corrected chi connectivity index (χ3v) is 3.91. The van der Waals surface area contributed by atoms with Gasteiger partial charge in [-0.25, -0.2) is 0 Å². The molecule has 1 aliphatic heterocycles. The van der Waals surface area contributed by atoms with E-state index in [0.29, 0.717) is 18.9 Å². The van der Waals surface area contributed by atoms with Gasteiger partial charge >= 0.3 is 0 Å². The Hall–Kier alpha value is -1.06. The van der Waals surface area contributed by atoms with Crippen LogP contribution in [0.25, 0.3) is 0 Å². The van der Waals surface area contributed by atoms with Crippen LogP contribution in [-0.4, -0.2) is 34.3 Å². The van der Waals surface area contributed by atoms with E-state index >= 15 is 0 Å². The first-order valence-corrected chi connectivity index (χ1v) is 6.80. The van der Waals surface area contributed by atoms with Crippen molar-refractivity contribution >= 4 is 11.8 Å². The van der Waals surface area contributed by atoms with E-state index in [1.165, 1.54) is 0 Å². The van der Waals surface area contributed by atoms with E-state index in [1.54, 1.807) is 18.7 Å². The van der Waals surface area contributed by atoms with Crippen LogP contribution in [0.2, 0.25) is 0 Å². The summed E-state index contributed by atoms with van der Waals surface area (Å²) >= 11 is 0. The van der Waals surface area contributed by atoms with Crippen molar-refractivity contribution < 1.29 is 9.59 Å².